The molecule has 1 aromatic heterocycles. The molecule has 23 heavy (non-hydrogen) atoms. The van der Waals surface area contributed by atoms with Crippen LogP contribution in [0.5, 0.6) is 0 Å². The number of rotatable bonds is 3. The summed E-state index contributed by atoms with van der Waals surface area (Å²) in [6.45, 7) is 4.63. The second-order valence-electron chi connectivity index (χ2n) is 6.99. The zero-order valence-corrected chi connectivity index (χ0v) is 14.3. The quantitative estimate of drug-likeness (QED) is 0.864. The number of piperidine rings is 1. The molecule has 0 aliphatic carbocycles. The molecule has 0 spiro atoms. The lowest BCUT2D eigenvalue weighted by molar-refractivity contribution is 0.124. The van der Waals surface area contributed by atoms with Crippen LogP contribution in [0.3, 0.4) is 0 Å². The predicted octanol–water partition coefficient (Wildman–Crippen LogP) is 3.05. The topological polar surface area (TPSA) is 24.3 Å². The third-order valence-electron chi connectivity index (χ3n) is 5.13. The van der Waals surface area contributed by atoms with Crippen LogP contribution in [0.2, 0.25) is 5.02 Å². The molecule has 0 saturated carbocycles. The van der Waals surface area contributed by atoms with Crippen molar-refractivity contribution in [3.63, 3.8) is 0 Å². The number of nitrogens with zero attached hydrogens (tertiary/aromatic N) is 4. The molecule has 122 valence electrons. The van der Waals surface area contributed by atoms with E-state index < -0.39 is 0 Å². The van der Waals surface area contributed by atoms with Gasteiger partial charge in [-0.15, -0.1) is 0 Å². The van der Waals surface area contributed by atoms with Crippen molar-refractivity contribution in [2.75, 3.05) is 26.7 Å². The van der Waals surface area contributed by atoms with Gasteiger partial charge >= 0.3 is 0 Å². The highest BCUT2D eigenvalue weighted by molar-refractivity contribution is 6.32. The normalized spacial score (nSPS) is 25.7. The summed E-state index contributed by atoms with van der Waals surface area (Å²) in [7, 11) is 2.25. The summed E-state index contributed by atoms with van der Waals surface area (Å²) >= 11 is 6.27. The van der Waals surface area contributed by atoms with Gasteiger partial charge in [0.2, 0.25) is 0 Å². The predicted molar refractivity (Wildman–Crippen MR) is 93.0 cm³/mol. The molecule has 4 heterocycles. The zero-order chi connectivity index (χ0) is 15.8. The maximum Gasteiger partial charge on any atom is 0.0831 e. The van der Waals surface area contributed by atoms with Crippen molar-refractivity contribution < 1.29 is 0 Å². The number of halogens is 1. The van der Waals surface area contributed by atoms with Gasteiger partial charge in [0.25, 0.3) is 0 Å². The van der Waals surface area contributed by atoms with Crippen LogP contribution < -0.4 is 0 Å². The minimum absolute atomic E-state index is 0.683. The molecule has 2 atom stereocenters. The minimum atomic E-state index is 0.683. The Bertz CT molecular complexity index is 683. The molecule has 2 bridgehead atoms. The van der Waals surface area contributed by atoms with Gasteiger partial charge in [-0.2, -0.15) is 5.10 Å². The molecule has 5 rings (SSSR count). The van der Waals surface area contributed by atoms with E-state index in [9.17, 15) is 0 Å². The Morgan fingerprint density at radius 1 is 1.17 bits per heavy atom. The number of likely N-dealkylation sites (N-methyl/N-ethyl adjacent to an activating group) is 1. The lowest BCUT2D eigenvalue weighted by atomic mass is 9.95. The Hall–Kier alpha value is -1.36. The molecule has 3 aliphatic rings. The summed E-state index contributed by atoms with van der Waals surface area (Å²) in [5, 5.41) is 5.24. The molecule has 0 unspecified atom stereocenters. The van der Waals surface area contributed by atoms with Gasteiger partial charge in [0.15, 0.2) is 0 Å². The van der Waals surface area contributed by atoms with Gasteiger partial charge in [-0.25, -0.2) is 4.68 Å². The number of hydrogen-bond donors (Lipinski definition) is 0. The van der Waals surface area contributed by atoms with E-state index in [1.807, 2.05) is 35.1 Å². The lowest BCUT2D eigenvalue weighted by Crippen LogP contribution is -2.43. The van der Waals surface area contributed by atoms with Crippen molar-refractivity contribution in [3.05, 3.63) is 47.2 Å². The van der Waals surface area contributed by atoms with Crippen LogP contribution in [0.25, 0.3) is 5.69 Å². The summed E-state index contributed by atoms with van der Waals surface area (Å²) in [4.78, 5) is 5.14. The summed E-state index contributed by atoms with van der Waals surface area (Å²) < 4.78 is 1.89. The smallest absolute Gasteiger partial charge is 0.0831 e. The van der Waals surface area contributed by atoms with Gasteiger partial charge in [0, 0.05) is 44.0 Å². The molecule has 0 amide bonds. The summed E-state index contributed by atoms with van der Waals surface area (Å²) in [5.74, 6) is 0.817. The van der Waals surface area contributed by atoms with Gasteiger partial charge in [0.05, 0.1) is 16.9 Å². The van der Waals surface area contributed by atoms with E-state index in [0.717, 1.165) is 23.2 Å². The molecule has 0 radical (unpaired) electrons. The second kappa shape index (κ2) is 6.27. The Kier molecular flexibility index (Phi) is 4.14. The fraction of sp³-hybridized carbons (Fsp3) is 0.500. The number of aromatic nitrogens is 2. The molecule has 5 heteroatoms. The van der Waals surface area contributed by atoms with Crippen LogP contribution in [0.15, 0.2) is 36.7 Å². The van der Waals surface area contributed by atoms with Crippen molar-refractivity contribution in [1.29, 1.82) is 0 Å². The Labute approximate surface area is 142 Å². The van der Waals surface area contributed by atoms with Crippen molar-refractivity contribution in [3.8, 4) is 5.69 Å². The summed E-state index contributed by atoms with van der Waals surface area (Å²) in [5.41, 5.74) is 2.21. The third-order valence-corrected chi connectivity index (χ3v) is 5.45. The molecule has 3 saturated heterocycles. The molecule has 3 aliphatic heterocycles. The number of fused-ring (bicyclic) bond motifs is 4. The highest BCUT2D eigenvalue weighted by Gasteiger charge is 2.33. The standard InChI is InChI=1S/C18H23ClN4/c1-21-9-14-6-7-16(13-21)22(10-14)11-15-8-20-23(12-15)18-5-3-2-4-17(18)19/h2-5,8,12,14,16H,6-7,9-11,13H2,1H3/t14-,16+/m0/s1. The summed E-state index contributed by atoms with van der Waals surface area (Å²) in [6.07, 6.45) is 6.80. The van der Waals surface area contributed by atoms with Crippen molar-refractivity contribution in [1.82, 2.24) is 19.6 Å². The first kappa shape index (κ1) is 15.2. The average Bonchev–Trinajstić information content (AvgIpc) is 2.83. The van der Waals surface area contributed by atoms with E-state index in [1.165, 1.54) is 38.0 Å². The first-order valence-electron chi connectivity index (χ1n) is 8.40. The van der Waals surface area contributed by atoms with Crippen LogP contribution in [0.1, 0.15) is 18.4 Å². The second-order valence-corrected chi connectivity index (χ2v) is 7.40. The van der Waals surface area contributed by atoms with E-state index in [4.69, 9.17) is 11.6 Å². The maximum absolute atomic E-state index is 6.27. The van der Waals surface area contributed by atoms with Crippen molar-refractivity contribution in [2.24, 2.45) is 5.92 Å². The van der Waals surface area contributed by atoms with Crippen LogP contribution >= 0.6 is 11.6 Å². The molecule has 0 N–H and O–H groups in total. The Morgan fingerprint density at radius 2 is 2.04 bits per heavy atom. The van der Waals surface area contributed by atoms with Gasteiger partial charge in [-0.1, -0.05) is 23.7 Å². The largest absolute Gasteiger partial charge is 0.304 e. The zero-order valence-electron chi connectivity index (χ0n) is 13.5. The fourth-order valence-corrected chi connectivity index (χ4v) is 4.28. The molecular formula is C18H23ClN4. The summed E-state index contributed by atoms with van der Waals surface area (Å²) in [6, 6.07) is 8.53. The van der Waals surface area contributed by atoms with Gasteiger partial charge < -0.3 is 4.90 Å². The number of para-hydroxylation sites is 1. The van der Waals surface area contributed by atoms with Crippen LogP contribution in [0, 0.1) is 5.92 Å². The lowest BCUT2D eigenvalue weighted by Gasteiger charge is -2.35. The highest BCUT2D eigenvalue weighted by atomic mass is 35.5. The molecule has 4 nitrogen and oxygen atoms in total. The van der Waals surface area contributed by atoms with Gasteiger partial charge in [-0.3, -0.25) is 4.90 Å². The SMILES string of the molecule is CN1C[C@@H]2CC[C@H](C1)N(Cc1cnn(-c3ccccc3Cl)c1)C2. The molecule has 2 aromatic rings. The first-order valence-corrected chi connectivity index (χ1v) is 8.78. The molecule has 3 fully saturated rings. The third kappa shape index (κ3) is 3.16. The van der Waals surface area contributed by atoms with Crippen molar-refractivity contribution in [2.45, 2.75) is 25.4 Å². The Balaban J connectivity index is 1.51. The average molecular weight is 331 g/mol. The van der Waals surface area contributed by atoms with E-state index >= 15 is 0 Å². The maximum atomic E-state index is 6.27. The monoisotopic (exact) mass is 330 g/mol. The van der Waals surface area contributed by atoms with Crippen LogP contribution in [-0.2, 0) is 6.54 Å². The van der Waals surface area contributed by atoms with E-state index in [2.05, 4.69) is 28.1 Å². The van der Waals surface area contributed by atoms with Gasteiger partial charge in [-0.05, 0) is 37.9 Å². The number of benzene rings is 1. The van der Waals surface area contributed by atoms with E-state index in [-0.39, 0.29) is 0 Å². The highest BCUT2D eigenvalue weighted by Crippen LogP contribution is 2.28. The number of hydrogen-bond acceptors (Lipinski definition) is 3. The Morgan fingerprint density at radius 3 is 2.91 bits per heavy atom. The molecule has 1 aromatic carbocycles. The first-order chi connectivity index (χ1) is 11.2. The van der Waals surface area contributed by atoms with Gasteiger partial charge in [0.1, 0.15) is 0 Å². The van der Waals surface area contributed by atoms with E-state index in [1.54, 1.807) is 0 Å². The van der Waals surface area contributed by atoms with Crippen LogP contribution in [-0.4, -0.2) is 52.3 Å². The van der Waals surface area contributed by atoms with Crippen molar-refractivity contribution >= 4 is 11.6 Å². The fourth-order valence-electron chi connectivity index (χ4n) is 4.05. The minimum Gasteiger partial charge on any atom is -0.304 e. The van der Waals surface area contributed by atoms with E-state index in [0.29, 0.717) is 6.04 Å². The van der Waals surface area contributed by atoms with Crippen LogP contribution in [0.4, 0.5) is 0 Å². The molecular weight excluding hydrogens is 308 g/mol.